The number of ether oxygens (including phenoxy) is 1. The summed E-state index contributed by atoms with van der Waals surface area (Å²) in [6, 6.07) is 6.75. The van der Waals surface area contributed by atoms with E-state index in [-0.39, 0.29) is 49.7 Å². The van der Waals surface area contributed by atoms with Crippen molar-refractivity contribution in [2.45, 2.75) is 31.4 Å². The molecule has 3 N–H and O–H groups in total. The van der Waals surface area contributed by atoms with Crippen molar-refractivity contribution in [3.63, 3.8) is 0 Å². The number of pyridine rings is 1. The van der Waals surface area contributed by atoms with E-state index in [4.69, 9.17) is 10.5 Å². The van der Waals surface area contributed by atoms with Crippen molar-refractivity contribution in [1.82, 2.24) is 9.88 Å². The van der Waals surface area contributed by atoms with Gasteiger partial charge in [0.25, 0.3) is 5.91 Å². The molecule has 0 saturated carbocycles. The van der Waals surface area contributed by atoms with Gasteiger partial charge in [0.2, 0.25) is 0 Å². The summed E-state index contributed by atoms with van der Waals surface area (Å²) in [6.07, 6.45) is -4.38. The van der Waals surface area contributed by atoms with Crippen LogP contribution in [0.4, 0.5) is 23.4 Å². The Morgan fingerprint density at radius 3 is 2.55 bits per heavy atom. The molecule has 2 aliphatic rings. The first kappa shape index (κ1) is 21.6. The smallest absolute Gasteiger partial charge is 0.383 e. The summed E-state index contributed by atoms with van der Waals surface area (Å²) in [7, 11) is 0. The van der Waals surface area contributed by atoms with Crippen LogP contribution in [0.3, 0.4) is 0 Å². The van der Waals surface area contributed by atoms with Crippen LogP contribution in [0.1, 0.15) is 39.0 Å². The molecule has 3 heterocycles. The van der Waals surface area contributed by atoms with Gasteiger partial charge in [-0.05, 0) is 35.7 Å². The van der Waals surface area contributed by atoms with Gasteiger partial charge in [-0.25, -0.2) is 9.37 Å². The van der Waals surface area contributed by atoms with Crippen LogP contribution in [0.5, 0.6) is 0 Å². The molecule has 1 saturated heterocycles. The predicted molar refractivity (Wildman–Crippen MR) is 110 cm³/mol. The highest BCUT2D eigenvalue weighted by Gasteiger charge is 2.41. The first-order valence-electron chi connectivity index (χ1n) is 10.2. The Kier molecular flexibility index (Phi) is 4.84. The number of hydrogen-bond donors (Lipinski definition) is 2. The third-order valence-corrected chi connectivity index (χ3v) is 6.33. The Bertz CT molecular complexity index is 1280. The third kappa shape index (κ3) is 3.59. The molecule has 6 nitrogen and oxygen atoms in total. The standard InChI is InChI=1S/C23H19F4N3O3/c24-18-8-19-14(16-9-33-10-17(16)20(28)29-19)7-15(18)21(31)30-6-5-22(32,11-30)12-1-3-13(4-2-12)23(25,26)27/h1-4,7-8,32H,5-6,9-11H2,(H2,28,29)/t22-/m0/s1. The number of aromatic nitrogens is 1. The number of carbonyl (C=O) groups excluding carboxylic acids is 1. The maximum Gasteiger partial charge on any atom is 0.416 e. The number of benzene rings is 2. The zero-order chi connectivity index (χ0) is 23.5. The summed E-state index contributed by atoms with van der Waals surface area (Å²) in [6.45, 7) is 0.511. The topological polar surface area (TPSA) is 88.7 Å². The first-order chi connectivity index (χ1) is 15.6. The van der Waals surface area contributed by atoms with Gasteiger partial charge in [0.1, 0.15) is 17.2 Å². The number of aliphatic hydroxyl groups is 1. The number of nitrogens with two attached hydrogens (primary N) is 1. The minimum atomic E-state index is -4.49. The molecular formula is C23H19F4N3O3. The largest absolute Gasteiger partial charge is 0.416 e. The van der Waals surface area contributed by atoms with Crippen molar-refractivity contribution < 1.29 is 32.2 Å². The Labute approximate surface area is 185 Å². The maximum absolute atomic E-state index is 14.9. The quantitative estimate of drug-likeness (QED) is 0.568. The van der Waals surface area contributed by atoms with Gasteiger partial charge in [-0.1, -0.05) is 12.1 Å². The number of halogens is 4. The van der Waals surface area contributed by atoms with E-state index in [1.54, 1.807) is 0 Å². The number of fused-ring (bicyclic) bond motifs is 3. The minimum Gasteiger partial charge on any atom is -0.383 e. The highest BCUT2D eigenvalue weighted by atomic mass is 19.4. The Morgan fingerprint density at radius 1 is 1.15 bits per heavy atom. The van der Waals surface area contributed by atoms with Crippen LogP contribution >= 0.6 is 0 Å². The molecule has 172 valence electrons. The monoisotopic (exact) mass is 461 g/mol. The first-order valence-corrected chi connectivity index (χ1v) is 10.2. The number of likely N-dealkylation sites (tertiary alicyclic amines) is 1. The molecule has 0 spiro atoms. The number of anilines is 1. The van der Waals surface area contributed by atoms with Crippen LogP contribution in [-0.4, -0.2) is 34.0 Å². The SMILES string of the molecule is Nc1nc2cc(F)c(C(=O)N3CC[C@@](O)(c4ccc(C(F)(F)F)cc4)C3)cc2c2c1COC2. The summed E-state index contributed by atoms with van der Waals surface area (Å²) >= 11 is 0. The molecule has 2 aliphatic heterocycles. The molecule has 0 unspecified atom stereocenters. The lowest BCUT2D eigenvalue weighted by Gasteiger charge is -2.24. The van der Waals surface area contributed by atoms with Crippen molar-refractivity contribution in [2.75, 3.05) is 18.8 Å². The van der Waals surface area contributed by atoms with Gasteiger partial charge in [-0.3, -0.25) is 4.79 Å². The lowest BCUT2D eigenvalue weighted by atomic mass is 9.92. The molecule has 0 radical (unpaired) electrons. The molecular weight excluding hydrogens is 442 g/mol. The second-order valence-corrected chi connectivity index (χ2v) is 8.38. The maximum atomic E-state index is 14.9. The van der Waals surface area contributed by atoms with Gasteiger partial charge < -0.3 is 20.5 Å². The van der Waals surface area contributed by atoms with Crippen molar-refractivity contribution in [1.29, 1.82) is 0 Å². The van der Waals surface area contributed by atoms with Gasteiger partial charge in [-0.15, -0.1) is 0 Å². The normalized spacial score (nSPS) is 20.5. The van der Waals surface area contributed by atoms with E-state index in [2.05, 4.69) is 4.98 Å². The molecule has 1 atom stereocenters. The second-order valence-electron chi connectivity index (χ2n) is 8.38. The van der Waals surface area contributed by atoms with E-state index >= 15 is 0 Å². The van der Waals surface area contributed by atoms with E-state index in [9.17, 15) is 27.5 Å². The zero-order valence-corrected chi connectivity index (χ0v) is 17.2. The van der Waals surface area contributed by atoms with Gasteiger partial charge in [0.05, 0.1) is 36.4 Å². The number of nitrogen functional groups attached to an aromatic ring is 1. The zero-order valence-electron chi connectivity index (χ0n) is 17.2. The fraction of sp³-hybridized carbons (Fsp3) is 0.304. The number of alkyl halides is 3. The third-order valence-electron chi connectivity index (χ3n) is 6.33. The van der Waals surface area contributed by atoms with Crippen molar-refractivity contribution in [2.24, 2.45) is 0 Å². The van der Waals surface area contributed by atoms with Crippen LogP contribution in [-0.2, 0) is 29.7 Å². The van der Waals surface area contributed by atoms with Crippen LogP contribution in [0.25, 0.3) is 10.9 Å². The summed E-state index contributed by atoms with van der Waals surface area (Å²) in [5, 5.41) is 11.6. The lowest BCUT2D eigenvalue weighted by molar-refractivity contribution is -0.137. The Morgan fingerprint density at radius 2 is 1.85 bits per heavy atom. The van der Waals surface area contributed by atoms with E-state index in [0.717, 1.165) is 23.8 Å². The van der Waals surface area contributed by atoms with E-state index in [1.165, 1.54) is 23.1 Å². The van der Waals surface area contributed by atoms with Gasteiger partial charge >= 0.3 is 6.18 Å². The second kappa shape index (κ2) is 7.39. The van der Waals surface area contributed by atoms with Crippen molar-refractivity contribution >= 4 is 22.6 Å². The number of nitrogens with zero attached hydrogens (tertiary/aromatic N) is 2. The molecule has 10 heteroatoms. The van der Waals surface area contributed by atoms with Gasteiger partial charge in [0, 0.05) is 23.6 Å². The molecule has 1 amide bonds. The molecule has 0 aliphatic carbocycles. The fourth-order valence-corrected chi connectivity index (χ4v) is 4.50. The van der Waals surface area contributed by atoms with E-state index in [0.29, 0.717) is 16.5 Å². The summed E-state index contributed by atoms with van der Waals surface area (Å²) < 4.78 is 58.8. The van der Waals surface area contributed by atoms with E-state index < -0.39 is 29.1 Å². The fourth-order valence-electron chi connectivity index (χ4n) is 4.50. The summed E-state index contributed by atoms with van der Waals surface area (Å²) in [4.78, 5) is 18.6. The lowest BCUT2D eigenvalue weighted by Crippen LogP contribution is -2.34. The molecule has 2 aromatic carbocycles. The highest BCUT2D eigenvalue weighted by molar-refractivity contribution is 5.99. The van der Waals surface area contributed by atoms with Crippen LogP contribution in [0.15, 0.2) is 36.4 Å². The van der Waals surface area contributed by atoms with Gasteiger partial charge in [0.15, 0.2) is 0 Å². The number of rotatable bonds is 2. The van der Waals surface area contributed by atoms with Crippen LogP contribution in [0, 0.1) is 5.82 Å². The molecule has 5 rings (SSSR count). The minimum absolute atomic E-state index is 0.112. The average molecular weight is 461 g/mol. The Balaban J connectivity index is 1.44. The molecule has 33 heavy (non-hydrogen) atoms. The van der Waals surface area contributed by atoms with Crippen LogP contribution in [0.2, 0.25) is 0 Å². The summed E-state index contributed by atoms with van der Waals surface area (Å²) in [5.74, 6) is -1.14. The average Bonchev–Trinajstić information content (AvgIpc) is 3.41. The molecule has 3 aromatic rings. The number of amides is 1. The summed E-state index contributed by atoms with van der Waals surface area (Å²) in [5.41, 5.74) is 5.43. The van der Waals surface area contributed by atoms with E-state index in [1.807, 2.05) is 0 Å². The molecule has 1 fully saturated rings. The van der Waals surface area contributed by atoms with Crippen molar-refractivity contribution in [3.05, 3.63) is 70.0 Å². The molecule has 0 bridgehead atoms. The Hall–Kier alpha value is -3.24. The number of carbonyl (C=O) groups is 1. The number of hydrogen-bond acceptors (Lipinski definition) is 5. The van der Waals surface area contributed by atoms with Crippen molar-refractivity contribution in [3.8, 4) is 0 Å². The molecule has 1 aromatic heterocycles. The number of β-amino-alcohol motifs (C(OH)–C–C–N with tert-alkyl or cyclic N) is 1. The predicted octanol–water partition coefficient (Wildman–Crippen LogP) is 3.74. The van der Waals surface area contributed by atoms with Crippen LogP contribution < -0.4 is 5.73 Å². The van der Waals surface area contributed by atoms with Gasteiger partial charge in [-0.2, -0.15) is 13.2 Å². The highest BCUT2D eigenvalue weighted by Crippen LogP contribution is 2.37.